The van der Waals surface area contributed by atoms with E-state index in [-0.39, 0.29) is 18.0 Å². The number of carbonyl (C=O) groups is 2. The van der Waals surface area contributed by atoms with Crippen LogP contribution in [-0.2, 0) is 11.0 Å². The normalized spacial score (nSPS) is 17.1. The van der Waals surface area contributed by atoms with Crippen molar-refractivity contribution in [3.8, 4) is 0 Å². The van der Waals surface area contributed by atoms with Crippen LogP contribution in [0.25, 0.3) is 0 Å². The smallest absolute Gasteiger partial charge is 0.338 e. The Hall–Kier alpha value is -2.83. The van der Waals surface area contributed by atoms with Crippen molar-refractivity contribution in [3.63, 3.8) is 0 Å². The number of hydrogen-bond donors (Lipinski definition) is 1. The van der Waals surface area contributed by atoms with Gasteiger partial charge in [0, 0.05) is 24.3 Å². The van der Waals surface area contributed by atoms with E-state index in [1.165, 1.54) is 17.0 Å². The quantitative estimate of drug-likeness (QED) is 0.798. The molecule has 29 heavy (non-hydrogen) atoms. The van der Waals surface area contributed by atoms with E-state index >= 15 is 0 Å². The Morgan fingerprint density at radius 1 is 1.07 bits per heavy atom. The Labute approximate surface area is 167 Å². The number of halogens is 3. The van der Waals surface area contributed by atoms with Crippen molar-refractivity contribution in [2.24, 2.45) is 5.92 Å². The maximum atomic E-state index is 12.9. The lowest BCUT2D eigenvalue weighted by Crippen LogP contribution is -2.43. The third-order valence-corrected chi connectivity index (χ3v) is 5.29. The number of amides is 2. The Morgan fingerprint density at radius 3 is 2.52 bits per heavy atom. The van der Waals surface area contributed by atoms with Gasteiger partial charge in [-0.1, -0.05) is 12.1 Å². The van der Waals surface area contributed by atoms with Gasteiger partial charge in [-0.25, -0.2) is 0 Å². The van der Waals surface area contributed by atoms with Crippen LogP contribution in [0.5, 0.6) is 0 Å². The highest BCUT2D eigenvalue weighted by molar-refractivity contribution is 5.96. The molecule has 2 aromatic rings. The molecule has 1 fully saturated rings. The van der Waals surface area contributed by atoms with E-state index in [9.17, 15) is 22.8 Å². The zero-order valence-corrected chi connectivity index (χ0v) is 16.3. The van der Waals surface area contributed by atoms with Gasteiger partial charge < -0.3 is 10.2 Å². The fourth-order valence-corrected chi connectivity index (χ4v) is 3.45. The molecule has 0 aliphatic carbocycles. The second-order valence-electron chi connectivity index (χ2n) is 7.46. The molecule has 1 N–H and O–H groups in total. The van der Waals surface area contributed by atoms with Crippen molar-refractivity contribution in [3.05, 3.63) is 64.7 Å². The van der Waals surface area contributed by atoms with Crippen LogP contribution in [0.2, 0.25) is 0 Å². The SMILES string of the molecule is Cc1ccc(NC(=O)C2CCCN(C(=O)c3cccc(C(F)(F)F)c3)C2)cc1C. The molecule has 0 radical (unpaired) electrons. The fourth-order valence-electron chi connectivity index (χ4n) is 3.45. The number of anilines is 1. The van der Waals surface area contributed by atoms with E-state index in [4.69, 9.17) is 0 Å². The van der Waals surface area contributed by atoms with Crippen LogP contribution in [0.15, 0.2) is 42.5 Å². The minimum absolute atomic E-state index is 0.0185. The minimum atomic E-state index is -4.51. The molecule has 1 aliphatic heterocycles. The maximum absolute atomic E-state index is 12.9. The van der Waals surface area contributed by atoms with Gasteiger partial charge in [0.1, 0.15) is 0 Å². The fraction of sp³-hybridized carbons (Fsp3) is 0.364. The highest BCUT2D eigenvalue weighted by Crippen LogP contribution is 2.30. The number of rotatable bonds is 3. The molecule has 0 aromatic heterocycles. The van der Waals surface area contributed by atoms with Crippen molar-refractivity contribution < 1.29 is 22.8 Å². The standard InChI is InChI=1S/C22H23F3N2O2/c1-14-8-9-19(11-15(14)2)26-20(28)17-6-4-10-27(13-17)21(29)16-5-3-7-18(12-16)22(23,24)25/h3,5,7-9,11-12,17H,4,6,10,13H2,1-2H3,(H,26,28). The molecular formula is C22H23F3N2O2. The monoisotopic (exact) mass is 404 g/mol. The van der Waals surface area contributed by atoms with Gasteiger partial charge in [0.2, 0.25) is 5.91 Å². The number of piperidine rings is 1. The molecule has 7 heteroatoms. The first-order valence-electron chi connectivity index (χ1n) is 9.50. The zero-order chi connectivity index (χ0) is 21.2. The molecule has 2 amide bonds. The summed E-state index contributed by atoms with van der Waals surface area (Å²) in [6.45, 7) is 4.55. The molecule has 2 aromatic carbocycles. The van der Waals surface area contributed by atoms with Gasteiger partial charge in [0.25, 0.3) is 5.91 Å². The molecule has 1 saturated heterocycles. The number of hydrogen-bond acceptors (Lipinski definition) is 2. The van der Waals surface area contributed by atoms with Crippen molar-refractivity contribution in [1.29, 1.82) is 0 Å². The maximum Gasteiger partial charge on any atom is 0.416 e. The van der Waals surface area contributed by atoms with E-state index < -0.39 is 23.6 Å². The first-order chi connectivity index (χ1) is 13.6. The molecule has 1 heterocycles. The summed E-state index contributed by atoms with van der Waals surface area (Å²) < 4.78 is 38.8. The van der Waals surface area contributed by atoms with E-state index in [2.05, 4.69) is 5.32 Å². The second-order valence-corrected chi connectivity index (χ2v) is 7.46. The van der Waals surface area contributed by atoms with E-state index in [0.29, 0.717) is 25.1 Å². The molecule has 1 aliphatic rings. The lowest BCUT2D eigenvalue weighted by molar-refractivity contribution is -0.137. The van der Waals surface area contributed by atoms with Crippen LogP contribution in [0.4, 0.5) is 18.9 Å². The highest BCUT2D eigenvalue weighted by atomic mass is 19.4. The number of aryl methyl sites for hydroxylation is 2. The van der Waals surface area contributed by atoms with Crippen LogP contribution in [0.1, 0.15) is 39.9 Å². The number of likely N-dealkylation sites (tertiary alicyclic amines) is 1. The van der Waals surface area contributed by atoms with Gasteiger partial charge in [-0.3, -0.25) is 9.59 Å². The second kappa shape index (κ2) is 8.27. The summed E-state index contributed by atoms with van der Waals surface area (Å²) in [5, 5.41) is 2.88. The van der Waals surface area contributed by atoms with Gasteiger partial charge in [0.05, 0.1) is 11.5 Å². The van der Waals surface area contributed by atoms with Crippen LogP contribution in [0, 0.1) is 19.8 Å². The molecule has 1 unspecified atom stereocenters. The third-order valence-electron chi connectivity index (χ3n) is 5.29. The molecule has 0 saturated carbocycles. The Balaban J connectivity index is 1.69. The van der Waals surface area contributed by atoms with Crippen molar-refractivity contribution in [2.75, 3.05) is 18.4 Å². The topological polar surface area (TPSA) is 49.4 Å². The van der Waals surface area contributed by atoms with Crippen LogP contribution < -0.4 is 5.32 Å². The van der Waals surface area contributed by atoms with Gasteiger partial charge in [-0.05, 0) is 68.1 Å². The lowest BCUT2D eigenvalue weighted by atomic mass is 9.96. The van der Waals surface area contributed by atoms with Gasteiger partial charge in [-0.2, -0.15) is 13.2 Å². The molecule has 154 valence electrons. The van der Waals surface area contributed by atoms with Gasteiger partial charge >= 0.3 is 6.18 Å². The summed E-state index contributed by atoms with van der Waals surface area (Å²) in [6.07, 6.45) is -3.26. The first-order valence-corrected chi connectivity index (χ1v) is 9.50. The third kappa shape index (κ3) is 4.96. The summed E-state index contributed by atoms with van der Waals surface area (Å²) >= 11 is 0. The highest BCUT2D eigenvalue weighted by Gasteiger charge is 2.33. The number of carbonyl (C=O) groups excluding carboxylic acids is 2. The Kier molecular flexibility index (Phi) is 5.96. The Morgan fingerprint density at radius 2 is 1.83 bits per heavy atom. The van der Waals surface area contributed by atoms with E-state index in [1.54, 1.807) is 0 Å². The summed E-state index contributed by atoms with van der Waals surface area (Å²) in [5.74, 6) is -1.07. The van der Waals surface area contributed by atoms with Crippen molar-refractivity contribution >= 4 is 17.5 Å². The molecule has 0 bridgehead atoms. The van der Waals surface area contributed by atoms with Crippen LogP contribution in [-0.4, -0.2) is 29.8 Å². The number of benzene rings is 2. The van der Waals surface area contributed by atoms with Gasteiger partial charge in [-0.15, -0.1) is 0 Å². The molecular weight excluding hydrogens is 381 g/mol. The van der Waals surface area contributed by atoms with E-state index in [1.807, 2.05) is 32.0 Å². The van der Waals surface area contributed by atoms with Gasteiger partial charge in [0.15, 0.2) is 0 Å². The average Bonchev–Trinajstić information content (AvgIpc) is 2.70. The molecule has 3 rings (SSSR count). The number of nitrogens with zero attached hydrogens (tertiary/aromatic N) is 1. The minimum Gasteiger partial charge on any atom is -0.338 e. The summed E-state index contributed by atoms with van der Waals surface area (Å²) in [4.78, 5) is 26.8. The van der Waals surface area contributed by atoms with Crippen molar-refractivity contribution in [1.82, 2.24) is 4.90 Å². The largest absolute Gasteiger partial charge is 0.416 e. The van der Waals surface area contributed by atoms with Crippen LogP contribution in [0.3, 0.4) is 0 Å². The predicted molar refractivity (Wildman–Crippen MR) is 105 cm³/mol. The lowest BCUT2D eigenvalue weighted by Gasteiger charge is -2.32. The average molecular weight is 404 g/mol. The first kappa shape index (κ1) is 20.9. The summed E-state index contributed by atoms with van der Waals surface area (Å²) in [6, 6.07) is 10.0. The predicted octanol–water partition coefficient (Wildman–Crippen LogP) is 4.81. The van der Waals surface area contributed by atoms with Crippen molar-refractivity contribution in [2.45, 2.75) is 32.9 Å². The summed E-state index contributed by atoms with van der Waals surface area (Å²) in [7, 11) is 0. The number of nitrogens with one attached hydrogen (secondary N) is 1. The van der Waals surface area contributed by atoms with E-state index in [0.717, 1.165) is 23.3 Å². The molecule has 1 atom stereocenters. The summed E-state index contributed by atoms with van der Waals surface area (Å²) in [5.41, 5.74) is 2.00. The zero-order valence-electron chi connectivity index (χ0n) is 16.3. The van der Waals surface area contributed by atoms with Crippen LogP contribution >= 0.6 is 0 Å². The number of alkyl halides is 3. The molecule has 0 spiro atoms. The molecule has 4 nitrogen and oxygen atoms in total. The Bertz CT molecular complexity index is 925.